The molecule has 0 saturated carbocycles. The highest BCUT2D eigenvalue weighted by Gasteiger charge is 2.33. The van der Waals surface area contributed by atoms with E-state index in [1.54, 1.807) is 11.8 Å². The molecule has 5 heteroatoms. The molecule has 2 atom stereocenters. The quantitative estimate of drug-likeness (QED) is 0.824. The van der Waals surface area contributed by atoms with Gasteiger partial charge in [0, 0.05) is 28.4 Å². The predicted molar refractivity (Wildman–Crippen MR) is 112 cm³/mol. The second kappa shape index (κ2) is 7.90. The lowest BCUT2D eigenvalue weighted by Gasteiger charge is -2.36. The van der Waals surface area contributed by atoms with E-state index in [4.69, 9.17) is 4.74 Å². The third-order valence-corrected chi connectivity index (χ3v) is 6.78. The van der Waals surface area contributed by atoms with Gasteiger partial charge in [-0.15, -0.1) is 0 Å². The van der Waals surface area contributed by atoms with Crippen LogP contribution in [0.3, 0.4) is 0 Å². The summed E-state index contributed by atoms with van der Waals surface area (Å²) in [7, 11) is 0. The first-order valence-electron chi connectivity index (χ1n) is 10.0. The summed E-state index contributed by atoms with van der Waals surface area (Å²) in [5.74, 6) is 0.217. The molecule has 2 heterocycles. The molecule has 0 bridgehead atoms. The number of aryl methyl sites for hydroxylation is 1. The summed E-state index contributed by atoms with van der Waals surface area (Å²) in [6, 6.07) is 14.9. The van der Waals surface area contributed by atoms with Gasteiger partial charge in [-0.1, -0.05) is 23.9 Å². The molecule has 2 aromatic rings. The summed E-state index contributed by atoms with van der Waals surface area (Å²) in [5.41, 5.74) is 3.12. The number of anilines is 1. The summed E-state index contributed by atoms with van der Waals surface area (Å²) in [4.78, 5) is 16.3. The second-order valence-corrected chi connectivity index (χ2v) is 8.94. The number of ether oxygens (including phenoxy) is 1. The lowest BCUT2D eigenvalue weighted by Crippen LogP contribution is -2.36. The van der Waals surface area contributed by atoms with Gasteiger partial charge >= 0.3 is 0 Å². The molecular formula is C23H27NO3S. The minimum Gasteiger partial charge on any atom is -0.391 e. The predicted octanol–water partition coefficient (Wildman–Crippen LogP) is 4.52. The van der Waals surface area contributed by atoms with Crippen LogP contribution in [0.2, 0.25) is 0 Å². The Kier molecular flexibility index (Phi) is 5.50. The van der Waals surface area contributed by atoms with E-state index < -0.39 is 0 Å². The maximum absolute atomic E-state index is 12.1. The minimum atomic E-state index is -0.351. The smallest absolute Gasteiger partial charge is 0.227 e. The van der Waals surface area contributed by atoms with Gasteiger partial charge in [-0.25, -0.2) is 0 Å². The highest BCUT2D eigenvalue weighted by Crippen LogP contribution is 2.39. The molecule has 4 nitrogen and oxygen atoms in total. The molecule has 28 heavy (non-hydrogen) atoms. The Morgan fingerprint density at radius 2 is 2.04 bits per heavy atom. The van der Waals surface area contributed by atoms with E-state index in [0.29, 0.717) is 19.6 Å². The Labute approximate surface area is 170 Å². The van der Waals surface area contributed by atoms with Crippen molar-refractivity contribution in [1.82, 2.24) is 0 Å². The van der Waals surface area contributed by atoms with Crippen LogP contribution >= 0.6 is 11.8 Å². The second-order valence-electron chi connectivity index (χ2n) is 7.79. The Morgan fingerprint density at radius 3 is 2.79 bits per heavy atom. The number of benzene rings is 2. The van der Waals surface area contributed by atoms with Crippen molar-refractivity contribution < 1.29 is 14.6 Å². The van der Waals surface area contributed by atoms with Gasteiger partial charge in [-0.3, -0.25) is 4.79 Å². The van der Waals surface area contributed by atoms with Crippen LogP contribution in [-0.2, 0) is 21.6 Å². The van der Waals surface area contributed by atoms with Crippen LogP contribution in [0, 0.1) is 0 Å². The maximum atomic E-state index is 12.1. The van der Waals surface area contributed by atoms with E-state index in [0.717, 1.165) is 30.5 Å². The summed E-state index contributed by atoms with van der Waals surface area (Å²) in [6.07, 6.45) is 2.64. The molecule has 0 spiro atoms. The van der Waals surface area contributed by atoms with Gasteiger partial charge < -0.3 is 14.7 Å². The third kappa shape index (κ3) is 3.84. The monoisotopic (exact) mass is 397 g/mol. The van der Waals surface area contributed by atoms with Crippen LogP contribution in [0.25, 0.3) is 0 Å². The van der Waals surface area contributed by atoms with Crippen molar-refractivity contribution in [3.63, 3.8) is 0 Å². The van der Waals surface area contributed by atoms with Crippen molar-refractivity contribution >= 4 is 23.4 Å². The normalized spacial score (nSPS) is 24.9. The molecule has 2 aliphatic rings. The number of carbonyl (C=O) groups is 1. The Hall–Kier alpha value is -1.82. The first kappa shape index (κ1) is 19.5. The van der Waals surface area contributed by atoms with Crippen molar-refractivity contribution in [2.45, 2.75) is 61.0 Å². The molecule has 0 aliphatic carbocycles. The first-order chi connectivity index (χ1) is 13.5. The molecule has 2 aliphatic heterocycles. The van der Waals surface area contributed by atoms with Gasteiger partial charge in [-0.05, 0) is 74.6 Å². The number of aliphatic hydroxyl groups excluding tert-OH is 1. The fraction of sp³-hybridized carbons (Fsp3) is 0.435. The average Bonchev–Trinajstić information content (AvgIpc) is 2.71. The molecule has 1 amide bonds. The summed E-state index contributed by atoms with van der Waals surface area (Å²) in [6.45, 7) is 5.24. The number of nitrogens with zero attached hydrogens (tertiary/aromatic N) is 1. The van der Waals surface area contributed by atoms with Gasteiger partial charge in [-0.2, -0.15) is 0 Å². The third-order valence-electron chi connectivity index (χ3n) is 5.80. The molecule has 1 N–H and O–H groups in total. The van der Waals surface area contributed by atoms with Crippen LogP contribution < -0.4 is 4.90 Å². The summed E-state index contributed by atoms with van der Waals surface area (Å²) < 4.78 is 5.98. The highest BCUT2D eigenvalue weighted by atomic mass is 32.2. The number of fused-ring (bicyclic) bond motifs is 1. The van der Waals surface area contributed by atoms with E-state index in [9.17, 15) is 9.90 Å². The zero-order chi connectivity index (χ0) is 19.7. The van der Waals surface area contributed by atoms with Crippen molar-refractivity contribution in [2.24, 2.45) is 0 Å². The summed E-state index contributed by atoms with van der Waals surface area (Å²) in [5, 5.41) is 9.73. The average molecular weight is 398 g/mol. The number of aliphatic hydroxyl groups is 1. The number of amides is 1. The molecule has 1 fully saturated rings. The van der Waals surface area contributed by atoms with Gasteiger partial charge in [0.15, 0.2) is 0 Å². The van der Waals surface area contributed by atoms with Gasteiger partial charge in [0.05, 0.1) is 18.3 Å². The van der Waals surface area contributed by atoms with E-state index in [2.05, 4.69) is 49.4 Å². The number of hydrogen-bond acceptors (Lipinski definition) is 4. The lowest BCUT2D eigenvalue weighted by atomic mass is 9.88. The SMILES string of the molecule is CCN1C(=O)CCc2cc(Sc3cccc(C4(C)CCC(O)CO4)c3)ccc21. The highest BCUT2D eigenvalue weighted by molar-refractivity contribution is 7.99. The zero-order valence-corrected chi connectivity index (χ0v) is 17.3. The molecule has 148 valence electrons. The lowest BCUT2D eigenvalue weighted by molar-refractivity contribution is -0.119. The Balaban J connectivity index is 1.55. The molecule has 0 aromatic heterocycles. The van der Waals surface area contributed by atoms with Crippen LogP contribution in [0.4, 0.5) is 5.69 Å². The topological polar surface area (TPSA) is 49.8 Å². The van der Waals surface area contributed by atoms with Crippen molar-refractivity contribution in [3.05, 3.63) is 53.6 Å². The van der Waals surface area contributed by atoms with Crippen molar-refractivity contribution in [2.75, 3.05) is 18.1 Å². The van der Waals surface area contributed by atoms with Gasteiger partial charge in [0.25, 0.3) is 0 Å². The van der Waals surface area contributed by atoms with E-state index in [-0.39, 0.29) is 17.6 Å². The number of rotatable bonds is 4. The van der Waals surface area contributed by atoms with E-state index >= 15 is 0 Å². The summed E-state index contributed by atoms with van der Waals surface area (Å²) >= 11 is 1.74. The van der Waals surface area contributed by atoms with Crippen molar-refractivity contribution in [3.8, 4) is 0 Å². The van der Waals surface area contributed by atoms with Gasteiger partial charge in [0.1, 0.15) is 0 Å². The minimum absolute atomic E-state index is 0.217. The fourth-order valence-corrected chi connectivity index (χ4v) is 5.02. The molecular weight excluding hydrogens is 370 g/mol. The first-order valence-corrected chi connectivity index (χ1v) is 10.8. The standard InChI is InChI=1S/C23H27NO3S/c1-3-24-21-9-8-20(13-16(21)7-10-22(24)26)28-19-6-4-5-17(14-19)23(2)12-11-18(25)15-27-23/h4-6,8-9,13-14,18,25H,3,7,10-12,15H2,1-2H3. The molecule has 2 unspecified atom stereocenters. The Bertz CT molecular complexity index is 874. The Morgan fingerprint density at radius 1 is 1.21 bits per heavy atom. The fourth-order valence-electron chi connectivity index (χ4n) is 4.08. The molecule has 1 saturated heterocycles. The molecule has 2 aromatic carbocycles. The van der Waals surface area contributed by atoms with Gasteiger partial charge in [0.2, 0.25) is 5.91 Å². The van der Waals surface area contributed by atoms with E-state index in [1.807, 2.05) is 11.8 Å². The van der Waals surface area contributed by atoms with Crippen LogP contribution in [0.15, 0.2) is 52.3 Å². The number of carbonyl (C=O) groups excluding carboxylic acids is 1. The molecule has 0 radical (unpaired) electrons. The van der Waals surface area contributed by atoms with Crippen LogP contribution in [0.1, 0.15) is 44.2 Å². The van der Waals surface area contributed by atoms with E-state index in [1.165, 1.54) is 15.4 Å². The van der Waals surface area contributed by atoms with Crippen molar-refractivity contribution in [1.29, 1.82) is 0 Å². The zero-order valence-electron chi connectivity index (χ0n) is 16.5. The van der Waals surface area contributed by atoms with Crippen LogP contribution in [-0.4, -0.2) is 30.3 Å². The van der Waals surface area contributed by atoms with Crippen LogP contribution in [0.5, 0.6) is 0 Å². The molecule has 4 rings (SSSR count). The maximum Gasteiger partial charge on any atom is 0.227 e. The largest absolute Gasteiger partial charge is 0.391 e. The number of hydrogen-bond donors (Lipinski definition) is 1.